The van der Waals surface area contributed by atoms with Crippen molar-refractivity contribution in [1.82, 2.24) is 10.6 Å². The van der Waals surface area contributed by atoms with Crippen molar-refractivity contribution in [3.63, 3.8) is 0 Å². The third kappa shape index (κ3) is 4.84. The molecule has 2 aromatic carbocycles. The van der Waals surface area contributed by atoms with Crippen molar-refractivity contribution in [3.8, 4) is 5.75 Å². The molecule has 2 rings (SSSR count). The molecule has 0 aliphatic rings. The van der Waals surface area contributed by atoms with Crippen LogP contribution in [0, 0.1) is 5.82 Å². The van der Waals surface area contributed by atoms with Gasteiger partial charge in [-0.15, -0.1) is 0 Å². The number of ether oxygens (including phenoxy) is 1. The van der Waals surface area contributed by atoms with Crippen LogP contribution in [0.25, 0.3) is 0 Å². The number of carbonyl (C=O) groups is 2. The second kappa shape index (κ2) is 8.69. The maximum absolute atomic E-state index is 13.1. The third-order valence-corrected chi connectivity index (χ3v) is 3.89. The van der Waals surface area contributed by atoms with Crippen molar-refractivity contribution in [1.29, 1.82) is 0 Å². The molecule has 0 aliphatic carbocycles. The number of methoxy groups -OCH3 is 1. The first-order valence-corrected chi connectivity index (χ1v) is 8.03. The monoisotopic (exact) mass is 384 g/mol. The molecule has 2 aromatic rings. The number of nitrogens with one attached hydrogen (secondary N) is 2. The van der Waals surface area contributed by atoms with Gasteiger partial charge in [0.15, 0.2) is 5.75 Å². The summed E-state index contributed by atoms with van der Waals surface area (Å²) < 4.78 is 18.2. The van der Waals surface area contributed by atoms with Gasteiger partial charge in [-0.3, -0.25) is 9.59 Å². The van der Waals surface area contributed by atoms with Crippen LogP contribution in [0.4, 0.5) is 4.39 Å². The van der Waals surface area contributed by atoms with Crippen molar-refractivity contribution < 1.29 is 18.7 Å². The highest BCUT2D eigenvalue weighted by Gasteiger charge is 2.19. The summed E-state index contributed by atoms with van der Waals surface area (Å²) in [5.41, 5.74) is 0.319. The van der Waals surface area contributed by atoms with Gasteiger partial charge in [-0.1, -0.05) is 29.3 Å². The normalized spacial score (nSPS) is 10.2. The summed E-state index contributed by atoms with van der Waals surface area (Å²) in [5, 5.41) is 5.64. The van der Waals surface area contributed by atoms with Crippen LogP contribution in [-0.4, -0.2) is 32.0 Å². The smallest absolute Gasteiger partial charge is 0.256 e. The Balaban J connectivity index is 1.91. The topological polar surface area (TPSA) is 67.4 Å². The van der Waals surface area contributed by atoms with E-state index >= 15 is 0 Å². The Labute approximate surface area is 154 Å². The third-order valence-electron chi connectivity index (χ3n) is 3.27. The van der Waals surface area contributed by atoms with E-state index in [1.807, 2.05) is 0 Å². The Bertz CT molecular complexity index is 799. The second-order valence-electron chi connectivity index (χ2n) is 4.96. The molecule has 2 amide bonds. The van der Waals surface area contributed by atoms with E-state index in [4.69, 9.17) is 27.9 Å². The van der Waals surface area contributed by atoms with Gasteiger partial charge >= 0.3 is 0 Å². The Morgan fingerprint density at radius 2 is 1.68 bits per heavy atom. The zero-order chi connectivity index (χ0) is 18.4. The molecule has 8 heteroatoms. The van der Waals surface area contributed by atoms with E-state index < -0.39 is 17.6 Å². The lowest BCUT2D eigenvalue weighted by Gasteiger charge is -2.12. The fraction of sp³-hybridized carbons (Fsp3) is 0.176. The van der Waals surface area contributed by atoms with Crippen molar-refractivity contribution >= 4 is 35.0 Å². The van der Waals surface area contributed by atoms with Gasteiger partial charge in [0.1, 0.15) is 11.4 Å². The van der Waals surface area contributed by atoms with Crippen LogP contribution < -0.4 is 15.4 Å². The molecule has 0 unspecified atom stereocenters. The van der Waals surface area contributed by atoms with Gasteiger partial charge < -0.3 is 15.4 Å². The lowest BCUT2D eigenvalue weighted by atomic mass is 10.2. The molecule has 0 saturated heterocycles. The Kier molecular flexibility index (Phi) is 6.61. The minimum Gasteiger partial charge on any atom is -0.494 e. The molecule has 0 aliphatic heterocycles. The number of hydrogen-bond acceptors (Lipinski definition) is 3. The van der Waals surface area contributed by atoms with Crippen LogP contribution in [0.3, 0.4) is 0 Å². The molecule has 0 radical (unpaired) electrons. The van der Waals surface area contributed by atoms with Crippen LogP contribution in [0.1, 0.15) is 20.7 Å². The van der Waals surface area contributed by atoms with Crippen molar-refractivity contribution in [2.75, 3.05) is 20.2 Å². The number of halogens is 3. The molecule has 0 spiro atoms. The molecule has 0 heterocycles. The summed E-state index contributed by atoms with van der Waals surface area (Å²) in [7, 11) is 1.38. The summed E-state index contributed by atoms with van der Waals surface area (Å²) in [4.78, 5) is 24.1. The van der Waals surface area contributed by atoms with E-state index in [1.165, 1.54) is 37.4 Å². The van der Waals surface area contributed by atoms with Gasteiger partial charge in [-0.05, 0) is 30.3 Å². The SMILES string of the molecule is COc1c(Cl)ccc(Cl)c1C(=O)NCCNC(=O)c1cccc(F)c1. The molecular formula is C17H15Cl2FN2O3. The number of amides is 2. The lowest BCUT2D eigenvalue weighted by Crippen LogP contribution is -2.35. The van der Waals surface area contributed by atoms with Crippen molar-refractivity contribution in [2.24, 2.45) is 0 Å². The van der Waals surface area contributed by atoms with E-state index in [0.29, 0.717) is 0 Å². The minimum absolute atomic E-state index is 0.119. The predicted molar refractivity (Wildman–Crippen MR) is 94.1 cm³/mol. The maximum atomic E-state index is 13.1. The Morgan fingerprint density at radius 1 is 1.04 bits per heavy atom. The molecule has 0 saturated carbocycles. The average molecular weight is 385 g/mol. The summed E-state index contributed by atoms with van der Waals surface area (Å²) in [6, 6.07) is 8.34. The first-order chi connectivity index (χ1) is 11.9. The number of carbonyl (C=O) groups excluding carboxylic acids is 2. The zero-order valence-electron chi connectivity index (χ0n) is 13.2. The van der Waals surface area contributed by atoms with Crippen LogP contribution >= 0.6 is 23.2 Å². The first-order valence-electron chi connectivity index (χ1n) is 7.28. The maximum Gasteiger partial charge on any atom is 0.256 e. The highest BCUT2D eigenvalue weighted by molar-refractivity contribution is 6.37. The molecule has 25 heavy (non-hydrogen) atoms. The van der Waals surface area contributed by atoms with Gasteiger partial charge in [0.05, 0.1) is 17.2 Å². The highest BCUT2D eigenvalue weighted by Crippen LogP contribution is 2.33. The van der Waals surface area contributed by atoms with Crippen LogP contribution in [0.2, 0.25) is 10.0 Å². The van der Waals surface area contributed by atoms with Gasteiger partial charge in [0.2, 0.25) is 0 Å². The number of rotatable bonds is 6. The van der Waals surface area contributed by atoms with Crippen LogP contribution in [0.5, 0.6) is 5.75 Å². The van der Waals surface area contributed by atoms with Gasteiger partial charge in [-0.2, -0.15) is 0 Å². The lowest BCUT2D eigenvalue weighted by molar-refractivity contribution is 0.0926. The minimum atomic E-state index is -0.497. The highest BCUT2D eigenvalue weighted by atomic mass is 35.5. The molecule has 5 nitrogen and oxygen atoms in total. The van der Waals surface area contributed by atoms with Gasteiger partial charge in [0, 0.05) is 18.7 Å². The fourth-order valence-electron chi connectivity index (χ4n) is 2.12. The van der Waals surface area contributed by atoms with E-state index in [2.05, 4.69) is 10.6 Å². The molecule has 0 atom stereocenters. The number of benzene rings is 2. The Morgan fingerprint density at radius 3 is 2.32 bits per heavy atom. The Hall–Kier alpha value is -2.31. The molecule has 132 valence electrons. The molecule has 0 bridgehead atoms. The number of hydrogen-bond donors (Lipinski definition) is 2. The predicted octanol–water partition coefficient (Wildman–Crippen LogP) is 3.30. The molecule has 0 fully saturated rings. The summed E-state index contributed by atoms with van der Waals surface area (Å²) in [5.74, 6) is -1.24. The van der Waals surface area contributed by atoms with E-state index in [9.17, 15) is 14.0 Å². The van der Waals surface area contributed by atoms with E-state index in [1.54, 1.807) is 0 Å². The van der Waals surface area contributed by atoms with Crippen molar-refractivity contribution in [3.05, 3.63) is 63.4 Å². The van der Waals surface area contributed by atoms with Crippen LogP contribution in [-0.2, 0) is 0 Å². The van der Waals surface area contributed by atoms with Crippen LogP contribution in [0.15, 0.2) is 36.4 Å². The molecular weight excluding hydrogens is 370 g/mol. The standard InChI is InChI=1S/C17H15Cl2FN2O3/c1-25-15-13(19)6-5-12(18)14(15)17(24)22-8-7-21-16(23)10-3-2-4-11(20)9-10/h2-6,9H,7-8H2,1H3,(H,21,23)(H,22,24). The average Bonchev–Trinajstić information content (AvgIpc) is 2.59. The fourth-order valence-corrected chi connectivity index (χ4v) is 2.59. The van der Waals surface area contributed by atoms with E-state index in [0.717, 1.165) is 6.07 Å². The second-order valence-corrected chi connectivity index (χ2v) is 5.77. The molecule has 2 N–H and O–H groups in total. The zero-order valence-corrected chi connectivity index (χ0v) is 14.7. The quantitative estimate of drug-likeness (QED) is 0.750. The van der Waals surface area contributed by atoms with Gasteiger partial charge in [-0.25, -0.2) is 4.39 Å². The first kappa shape index (κ1) is 19.0. The largest absolute Gasteiger partial charge is 0.494 e. The summed E-state index contributed by atoms with van der Waals surface area (Å²) in [6.07, 6.45) is 0. The van der Waals surface area contributed by atoms with Gasteiger partial charge in [0.25, 0.3) is 11.8 Å². The molecule has 0 aromatic heterocycles. The summed E-state index contributed by atoms with van der Waals surface area (Å²) in [6.45, 7) is 0.299. The summed E-state index contributed by atoms with van der Waals surface area (Å²) >= 11 is 12.0. The van der Waals surface area contributed by atoms with E-state index in [-0.39, 0.29) is 40.0 Å². The van der Waals surface area contributed by atoms with Crippen molar-refractivity contribution in [2.45, 2.75) is 0 Å².